The van der Waals surface area contributed by atoms with Crippen LogP contribution in [0.25, 0.3) is 0 Å². The second-order valence-corrected chi connectivity index (χ2v) is 7.61. The minimum Gasteiger partial charge on any atom is -0.324 e. The van der Waals surface area contributed by atoms with E-state index in [9.17, 15) is 4.57 Å². The van der Waals surface area contributed by atoms with Crippen molar-refractivity contribution < 1.29 is 14.4 Å². The van der Waals surface area contributed by atoms with E-state index >= 15 is 0 Å². The Labute approximate surface area is 128 Å². The molecule has 0 saturated heterocycles. The van der Waals surface area contributed by atoms with Gasteiger partial charge in [-0.3, -0.25) is 4.57 Å². The lowest BCUT2D eigenvalue weighted by Gasteiger charge is -2.20. The van der Waals surface area contributed by atoms with Crippen LogP contribution >= 0.6 is 7.60 Å². The number of allylic oxidation sites excluding steroid dienone is 2. The third-order valence-corrected chi connectivity index (χ3v) is 4.77. The van der Waals surface area contributed by atoms with Gasteiger partial charge in [-0.1, -0.05) is 62.2 Å². The van der Waals surface area contributed by atoms with Crippen molar-refractivity contribution >= 4 is 7.60 Å². The van der Waals surface area contributed by atoms with Gasteiger partial charge in [0.15, 0.2) is 0 Å². The maximum atomic E-state index is 11.0. The first-order chi connectivity index (χ1) is 9.81. The molecule has 0 radical (unpaired) electrons. The summed E-state index contributed by atoms with van der Waals surface area (Å²) >= 11 is 0. The molecule has 2 atom stereocenters. The number of benzene rings is 1. The van der Waals surface area contributed by atoms with E-state index in [1.165, 1.54) is 5.56 Å². The summed E-state index contributed by atoms with van der Waals surface area (Å²) in [5, 5.41) is 0. The molecule has 2 unspecified atom stereocenters. The average molecular weight is 310 g/mol. The summed E-state index contributed by atoms with van der Waals surface area (Å²) in [5.41, 5.74) is 2.08. The van der Waals surface area contributed by atoms with Gasteiger partial charge in [0.1, 0.15) is 0 Å². The molecule has 0 aromatic heterocycles. The molecule has 0 spiro atoms. The predicted octanol–water partition coefficient (Wildman–Crippen LogP) is 4.72. The molecule has 118 valence electrons. The minimum absolute atomic E-state index is 0.141. The van der Waals surface area contributed by atoms with Crippen molar-refractivity contribution in [3.63, 3.8) is 0 Å². The van der Waals surface area contributed by atoms with Crippen LogP contribution in [0.4, 0.5) is 0 Å². The van der Waals surface area contributed by atoms with Crippen molar-refractivity contribution in [2.75, 3.05) is 6.16 Å². The summed E-state index contributed by atoms with van der Waals surface area (Å²) in [6.45, 7) is 6.24. The zero-order chi connectivity index (χ0) is 15.9. The van der Waals surface area contributed by atoms with Crippen LogP contribution in [0, 0.1) is 5.92 Å². The van der Waals surface area contributed by atoms with Gasteiger partial charge in [0.2, 0.25) is 0 Å². The molecule has 0 aliphatic heterocycles. The molecule has 0 aliphatic rings. The average Bonchev–Trinajstić information content (AvgIpc) is 2.42. The van der Waals surface area contributed by atoms with Crippen LogP contribution in [0.1, 0.15) is 51.5 Å². The van der Waals surface area contributed by atoms with Crippen molar-refractivity contribution in [2.45, 2.75) is 46.0 Å². The Morgan fingerprint density at radius 2 is 1.90 bits per heavy atom. The molecule has 4 heteroatoms. The van der Waals surface area contributed by atoms with Crippen LogP contribution in [0.2, 0.25) is 0 Å². The summed E-state index contributed by atoms with van der Waals surface area (Å²) < 4.78 is 11.0. The maximum Gasteiger partial charge on any atom is 0.329 e. The van der Waals surface area contributed by atoms with Crippen molar-refractivity contribution in [2.24, 2.45) is 5.92 Å². The van der Waals surface area contributed by atoms with Gasteiger partial charge in [0.05, 0.1) is 6.16 Å². The van der Waals surface area contributed by atoms with Crippen LogP contribution in [0.15, 0.2) is 42.0 Å². The van der Waals surface area contributed by atoms with Crippen LogP contribution in [0.5, 0.6) is 0 Å². The predicted molar refractivity (Wildman–Crippen MR) is 88.5 cm³/mol. The Hall–Kier alpha value is -0.890. The van der Waals surface area contributed by atoms with E-state index in [0.717, 1.165) is 24.8 Å². The second kappa shape index (κ2) is 8.53. The third kappa shape index (κ3) is 7.61. The topological polar surface area (TPSA) is 57.5 Å². The summed E-state index contributed by atoms with van der Waals surface area (Å²) in [6.07, 6.45) is 4.92. The Kier molecular flexibility index (Phi) is 7.37. The fourth-order valence-corrected chi connectivity index (χ4v) is 3.26. The zero-order valence-electron chi connectivity index (χ0n) is 13.2. The Morgan fingerprint density at radius 3 is 2.43 bits per heavy atom. The summed E-state index contributed by atoms with van der Waals surface area (Å²) in [7, 11) is -3.96. The lowest BCUT2D eigenvalue weighted by atomic mass is 9.86. The van der Waals surface area contributed by atoms with Crippen molar-refractivity contribution in [3.8, 4) is 0 Å². The van der Waals surface area contributed by atoms with Crippen LogP contribution < -0.4 is 0 Å². The number of rotatable bonds is 8. The van der Waals surface area contributed by atoms with E-state index in [2.05, 4.69) is 26.0 Å². The van der Waals surface area contributed by atoms with Crippen molar-refractivity contribution in [1.82, 2.24) is 0 Å². The highest BCUT2D eigenvalue weighted by Gasteiger charge is 2.16. The molecule has 0 heterocycles. The van der Waals surface area contributed by atoms with Crippen LogP contribution in [0.3, 0.4) is 0 Å². The second-order valence-electron chi connectivity index (χ2n) is 5.97. The number of hydrogen-bond donors (Lipinski definition) is 2. The third-order valence-electron chi connectivity index (χ3n) is 3.86. The fourth-order valence-electron chi connectivity index (χ4n) is 2.48. The smallest absolute Gasteiger partial charge is 0.324 e. The monoisotopic (exact) mass is 310 g/mol. The Balaban J connectivity index is 2.78. The standard InChI is InChI=1S/C17H27O3P/c1-4-14(2)12-17(16-8-6-5-7-9-16)11-10-15(3)13-21(18,19)20/h5-10,14,17H,4,11-13H2,1-3H3,(H2,18,19,20)/b15-10+. The van der Waals surface area contributed by atoms with E-state index in [1.54, 1.807) is 6.92 Å². The normalized spacial score (nSPS) is 15.8. The van der Waals surface area contributed by atoms with Crippen molar-refractivity contribution in [3.05, 3.63) is 47.5 Å². The van der Waals surface area contributed by atoms with Gasteiger partial charge in [0.25, 0.3) is 0 Å². The van der Waals surface area contributed by atoms with Gasteiger partial charge < -0.3 is 9.79 Å². The molecule has 0 fully saturated rings. The largest absolute Gasteiger partial charge is 0.329 e. The molecular weight excluding hydrogens is 283 g/mol. The molecular formula is C17H27O3P. The fraction of sp³-hybridized carbons (Fsp3) is 0.529. The van der Waals surface area contributed by atoms with Gasteiger partial charge in [0, 0.05) is 0 Å². The van der Waals surface area contributed by atoms with Gasteiger partial charge in [-0.25, -0.2) is 0 Å². The van der Waals surface area contributed by atoms with E-state index < -0.39 is 7.60 Å². The first kappa shape index (κ1) is 18.2. The summed E-state index contributed by atoms with van der Waals surface area (Å²) in [6, 6.07) is 10.4. The maximum absolute atomic E-state index is 11.0. The first-order valence-corrected chi connectivity index (χ1v) is 9.36. The van der Waals surface area contributed by atoms with Crippen LogP contribution in [-0.2, 0) is 4.57 Å². The molecule has 3 nitrogen and oxygen atoms in total. The highest BCUT2D eigenvalue weighted by molar-refractivity contribution is 7.52. The van der Waals surface area contributed by atoms with Gasteiger partial charge in [-0.15, -0.1) is 0 Å². The van der Waals surface area contributed by atoms with Gasteiger partial charge >= 0.3 is 7.60 Å². The lowest BCUT2D eigenvalue weighted by molar-refractivity contribution is 0.376. The summed E-state index contributed by atoms with van der Waals surface area (Å²) in [5.74, 6) is 1.05. The molecule has 0 amide bonds. The molecule has 0 saturated carbocycles. The van der Waals surface area contributed by atoms with Gasteiger partial charge in [-0.05, 0) is 37.2 Å². The SMILES string of the molecule is CCC(C)CC(C/C=C(\C)CP(=O)(O)O)c1ccccc1. The lowest BCUT2D eigenvalue weighted by Crippen LogP contribution is -2.04. The van der Waals surface area contributed by atoms with E-state index in [1.807, 2.05) is 24.3 Å². The Morgan fingerprint density at radius 1 is 1.29 bits per heavy atom. The minimum atomic E-state index is -3.96. The summed E-state index contributed by atoms with van der Waals surface area (Å²) in [4.78, 5) is 18.0. The zero-order valence-corrected chi connectivity index (χ0v) is 14.1. The first-order valence-electron chi connectivity index (χ1n) is 7.57. The molecule has 1 aromatic rings. The molecule has 2 N–H and O–H groups in total. The molecule has 0 aliphatic carbocycles. The van der Waals surface area contributed by atoms with E-state index in [-0.39, 0.29) is 6.16 Å². The quantitative estimate of drug-likeness (QED) is 0.539. The van der Waals surface area contributed by atoms with Crippen LogP contribution in [-0.4, -0.2) is 15.9 Å². The highest BCUT2D eigenvalue weighted by Crippen LogP contribution is 2.37. The van der Waals surface area contributed by atoms with E-state index in [0.29, 0.717) is 11.8 Å². The molecule has 0 bridgehead atoms. The molecule has 21 heavy (non-hydrogen) atoms. The molecule has 1 aromatic carbocycles. The van der Waals surface area contributed by atoms with Crippen molar-refractivity contribution in [1.29, 1.82) is 0 Å². The highest BCUT2D eigenvalue weighted by atomic mass is 31.2. The molecule has 1 rings (SSSR count). The van der Waals surface area contributed by atoms with E-state index in [4.69, 9.17) is 9.79 Å². The van der Waals surface area contributed by atoms with Gasteiger partial charge in [-0.2, -0.15) is 0 Å². The number of hydrogen-bond acceptors (Lipinski definition) is 1. The Bertz CT molecular complexity index is 490.